The van der Waals surface area contributed by atoms with Crippen LogP contribution in [0, 0.1) is 0 Å². The quantitative estimate of drug-likeness (QED) is 0.654. The van der Waals surface area contributed by atoms with Gasteiger partial charge in [-0.1, -0.05) is 5.16 Å². The first kappa shape index (κ1) is 17.1. The van der Waals surface area contributed by atoms with Crippen LogP contribution in [0.25, 0.3) is 0 Å². The summed E-state index contributed by atoms with van der Waals surface area (Å²) < 4.78 is 5.10. The first-order chi connectivity index (χ1) is 10.5. The van der Waals surface area contributed by atoms with Gasteiger partial charge >= 0.3 is 0 Å². The second kappa shape index (κ2) is 7.87. The van der Waals surface area contributed by atoms with Crippen molar-refractivity contribution in [2.24, 2.45) is 4.99 Å². The fourth-order valence-electron chi connectivity index (χ4n) is 2.36. The van der Waals surface area contributed by atoms with Crippen LogP contribution in [0.15, 0.2) is 21.8 Å². The van der Waals surface area contributed by atoms with Crippen molar-refractivity contribution in [2.45, 2.75) is 25.1 Å². The first-order valence-electron chi connectivity index (χ1n) is 7.66. The van der Waals surface area contributed by atoms with E-state index in [1.165, 1.54) is 0 Å². The van der Waals surface area contributed by atoms with Gasteiger partial charge in [0.1, 0.15) is 6.26 Å². The molecule has 1 saturated heterocycles. The molecule has 1 aromatic heterocycles. The van der Waals surface area contributed by atoms with Gasteiger partial charge in [-0.05, 0) is 20.1 Å². The minimum absolute atomic E-state index is 0.213. The lowest BCUT2D eigenvalue weighted by molar-refractivity contribution is 0.169. The van der Waals surface area contributed by atoms with Crippen LogP contribution >= 0.6 is 11.8 Å². The molecule has 0 aromatic carbocycles. The minimum atomic E-state index is 0.213. The molecule has 124 valence electrons. The summed E-state index contributed by atoms with van der Waals surface area (Å²) in [6.07, 6.45) is 3.78. The fourth-order valence-corrected chi connectivity index (χ4v) is 2.58. The number of nitrogens with one attached hydrogen (secondary N) is 1. The Labute approximate surface area is 137 Å². The maximum absolute atomic E-state index is 4.89. The molecule has 0 unspecified atom stereocenters. The van der Waals surface area contributed by atoms with Gasteiger partial charge in [0.2, 0.25) is 0 Å². The van der Waals surface area contributed by atoms with E-state index >= 15 is 0 Å². The number of piperazine rings is 1. The summed E-state index contributed by atoms with van der Waals surface area (Å²) in [5, 5.41) is 7.48. The SMILES string of the molecule is CN=C(NCC(C)(C)SC)N1CCN(Cc2ccon2)CC1. The number of nitrogens with zero attached hydrogens (tertiary/aromatic N) is 4. The predicted molar refractivity (Wildman–Crippen MR) is 92.3 cm³/mol. The highest BCUT2D eigenvalue weighted by atomic mass is 32.2. The molecule has 1 aliphatic rings. The van der Waals surface area contributed by atoms with Gasteiger partial charge in [-0.2, -0.15) is 11.8 Å². The number of hydrogen-bond acceptors (Lipinski definition) is 5. The third kappa shape index (κ3) is 4.91. The molecule has 1 N–H and O–H groups in total. The van der Waals surface area contributed by atoms with Crippen molar-refractivity contribution in [1.29, 1.82) is 0 Å². The molecule has 2 heterocycles. The second-order valence-electron chi connectivity index (χ2n) is 6.12. The van der Waals surface area contributed by atoms with Crippen LogP contribution in [-0.2, 0) is 6.54 Å². The molecule has 6 nitrogen and oxygen atoms in total. The summed E-state index contributed by atoms with van der Waals surface area (Å²) in [5.74, 6) is 1.00. The van der Waals surface area contributed by atoms with Gasteiger partial charge in [0, 0.05) is 57.1 Å². The summed E-state index contributed by atoms with van der Waals surface area (Å²) in [5.41, 5.74) is 0.998. The van der Waals surface area contributed by atoms with Gasteiger partial charge in [-0.25, -0.2) is 0 Å². The number of aliphatic imine (C=N–C) groups is 1. The van der Waals surface area contributed by atoms with Crippen molar-refractivity contribution in [2.75, 3.05) is 46.0 Å². The van der Waals surface area contributed by atoms with E-state index in [1.807, 2.05) is 24.9 Å². The molecule has 1 aliphatic heterocycles. The first-order valence-corrected chi connectivity index (χ1v) is 8.89. The highest BCUT2D eigenvalue weighted by Crippen LogP contribution is 2.19. The Hall–Kier alpha value is -1.21. The van der Waals surface area contributed by atoms with Crippen LogP contribution < -0.4 is 5.32 Å². The van der Waals surface area contributed by atoms with E-state index in [9.17, 15) is 0 Å². The molecule has 0 spiro atoms. The largest absolute Gasteiger partial charge is 0.364 e. The molecule has 7 heteroatoms. The van der Waals surface area contributed by atoms with Crippen molar-refractivity contribution in [3.05, 3.63) is 18.0 Å². The molecule has 0 atom stereocenters. The monoisotopic (exact) mass is 325 g/mol. The van der Waals surface area contributed by atoms with Crippen molar-refractivity contribution in [1.82, 2.24) is 20.3 Å². The van der Waals surface area contributed by atoms with E-state index in [-0.39, 0.29) is 4.75 Å². The Kier molecular flexibility index (Phi) is 6.14. The van der Waals surface area contributed by atoms with Crippen LogP contribution in [0.1, 0.15) is 19.5 Å². The average molecular weight is 325 g/mol. The van der Waals surface area contributed by atoms with Crippen LogP contribution in [0.3, 0.4) is 0 Å². The minimum Gasteiger partial charge on any atom is -0.364 e. The molecule has 1 aromatic rings. The lowest BCUT2D eigenvalue weighted by Gasteiger charge is -2.37. The molecule has 0 aliphatic carbocycles. The Balaban J connectivity index is 1.79. The zero-order chi connectivity index (χ0) is 16.0. The number of aromatic nitrogens is 1. The van der Waals surface area contributed by atoms with Gasteiger partial charge in [0.25, 0.3) is 0 Å². The number of guanidine groups is 1. The smallest absolute Gasteiger partial charge is 0.193 e. The molecular weight excluding hydrogens is 298 g/mol. The van der Waals surface area contributed by atoms with E-state index in [0.717, 1.165) is 50.9 Å². The topological polar surface area (TPSA) is 56.9 Å². The molecule has 0 bridgehead atoms. The zero-order valence-electron chi connectivity index (χ0n) is 14.0. The van der Waals surface area contributed by atoms with Gasteiger partial charge in [-0.3, -0.25) is 9.89 Å². The predicted octanol–water partition coefficient (Wildman–Crippen LogP) is 1.51. The maximum atomic E-state index is 4.89. The van der Waals surface area contributed by atoms with Crippen molar-refractivity contribution in [3.63, 3.8) is 0 Å². The van der Waals surface area contributed by atoms with Gasteiger partial charge < -0.3 is 14.7 Å². The fraction of sp³-hybridized carbons (Fsp3) is 0.733. The highest BCUT2D eigenvalue weighted by molar-refractivity contribution is 7.99. The average Bonchev–Trinajstić information content (AvgIpc) is 3.02. The van der Waals surface area contributed by atoms with Crippen LogP contribution in [-0.4, -0.2) is 71.7 Å². The molecular formula is C15H27N5OS. The molecule has 0 amide bonds. The van der Waals surface area contributed by atoms with Crippen molar-refractivity contribution >= 4 is 17.7 Å². The Bertz CT molecular complexity index is 466. The van der Waals surface area contributed by atoms with Gasteiger partial charge in [0.15, 0.2) is 5.96 Å². The van der Waals surface area contributed by atoms with Gasteiger partial charge in [-0.15, -0.1) is 0 Å². The van der Waals surface area contributed by atoms with Gasteiger partial charge in [0.05, 0.1) is 5.69 Å². The summed E-state index contributed by atoms with van der Waals surface area (Å²) in [6.45, 7) is 10.3. The molecule has 1 fully saturated rings. The standard InChI is InChI=1S/C15H27N5OS/c1-15(2,22-4)12-17-14(16-3)20-8-6-19(7-9-20)11-13-5-10-21-18-13/h5,10H,6-9,11-12H2,1-4H3,(H,16,17). The second-order valence-corrected chi connectivity index (χ2v) is 7.63. The summed E-state index contributed by atoms with van der Waals surface area (Å²) in [6, 6.07) is 1.93. The van der Waals surface area contributed by atoms with Crippen LogP contribution in [0.5, 0.6) is 0 Å². The summed E-state index contributed by atoms with van der Waals surface area (Å²) in [7, 11) is 1.86. The number of thioether (sulfide) groups is 1. The lowest BCUT2D eigenvalue weighted by Crippen LogP contribution is -2.53. The van der Waals surface area contributed by atoms with E-state index in [4.69, 9.17) is 4.52 Å². The Morgan fingerprint density at radius 1 is 1.41 bits per heavy atom. The summed E-state index contributed by atoms with van der Waals surface area (Å²) >= 11 is 1.87. The maximum Gasteiger partial charge on any atom is 0.193 e. The van der Waals surface area contributed by atoms with E-state index < -0.39 is 0 Å². The zero-order valence-corrected chi connectivity index (χ0v) is 14.8. The summed E-state index contributed by atoms with van der Waals surface area (Å²) in [4.78, 5) is 9.15. The molecule has 2 rings (SSSR count). The highest BCUT2D eigenvalue weighted by Gasteiger charge is 2.22. The molecule has 0 saturated carbocycles. The number of rotatable bonds is 5. The molecule has 0 radical (unpaired) electrons. The van der Waals surface area contributed by atoms with Crippen molar-refractivity contribution in [3.8, 4) is 0 Å². The number of hydrogen-bond donors (Lipinski definition) is 1. The van der Waals surface area contributed by atoms with E-state index in [2.05, 4.69) is 45.4 Å². The third-order valence-electron chi connectivity index (χ3n) is 3.99. The van der Waals surface area contributed by atoms with E-state index in [1.54, 1.807) is 6.26 Å². The Morgan fingerprint density at radius 2 is 2.14 bits per heavy atom. The normalized spacial score (nSPS) is 17.8. The molecule has 22 heavy (non-hydrogen) atoms. The Morgan fingerprint density at radius 3 is 2.68 bits per heavy atom. The van der Waals surface area contributed by atoms with Crippen LogP contribution in [0.2, 0.25) is 0 Å². The van der Waals surface area contributed by atoms with E-state index in [0.29, 0.717) is 0 Å². The van der Waals surface area contributed by atoms with Crippen molar-refractivity contribution < 1.29 is 4.52 Å². The third-order valence-corrected chi connectivity index (χ3v) is 5.23. The lowest BCUT2D eigenvalue weighted by atomic mass is 10.2. The van der Waals surface area contributed by atoms with Crippen LogP contribution in [0.4, 0.5) is 0 Å².